The van der Waals surface area contributed by atoms with E-state index in [1.807, 2.05) is 44.2 Å². The van der Waals surface area contributed by atoms with E-state index in [-0.39, 0.29) is 30.4 Å². The van der Waals surface area contributed by atoms with Crippen LogP contribution in [0.3, 0.4) is 0 Å². The van der Waals surface area contributed by atoms with E-state index in [0.29, 0.717) is 23.2 Å². The van der Waals surface area contributed by atoms with Gasteiger partial charge in [-0.1, -0.05) is 12.1 Å². The van der Waals surface area contributed by atoms with Crippen LogP contribution in [-0.4, -0.2) is 61.1 Å². The summed E-state index contributed by atoms with van der Waals surface area (Å²) < 4.78 is 47.5. The second kappa shape index (κ2) is 11.4. The van der Waals surface area contributed by atoms with Gasteiger partial charge in [-0.15, -0.1) is 0 Å². The fraction of sp³-hybridized carbons (Fsp3) is 0.452. The summed E-state index contributed by atoms with van der Waals surface area (Å²) in [4.78, 5) is 25.4. The predicted molar refractivity (Wildman–Crippen MR) is 158 cm³/mol. The van der Waals surface area contributed by atoms with Gasteiger partial charge in [0.1, 0.15) is 5.75 Å². The van der Waals surface area contributed by atoms with E-state index in [4.69, 9.17) is 4.74 Å². The van der Waals surface area contributed by atoms with Crippen molar-refractivity contribution in [2.45, 2.75) is 57.2 Å². The maximum atomic E-state index is 14.0. The van der Waals surface area contributed by atoms with Crippen LogP contribution in [0.1, 0.15) is 49.1 Å². The molecule has 1 aromatic heterocycles. The molecule has 0 unspecified atom stereocenters. The number of ether oxygens (including phenoxy) is 1. The van der Waals surface area contributed by atoms with Crippen LogP contribution in [0.5, 0.6) is 5.75 Å². The van der Waals surface area contributed by atoms with Gasteiger partial charge in [0.2, 0.25) is 11.9 Å². The molecule has 0 atom stereocenters. The van der Waals surface area contributed by atoms with E-state index in [1.165, 1.54) is 0 Å². The number of hydrogen-bond acceptors (Lipinski definition) is 7. The number of nitrogens with one attached hydrogen (secondary N) is 2. The largest absolute Gasteiger partial charge is 0.494 e. The van der Waals surface area contributed by atoms with Crippen LogP contribution in [0.15, 0.2) is 42.6 Å². The second-order valence-electron chi connectivity index (χ2n) is 11.7. The zero-order chi connectivity index (χ0) is 30.2. The quantitative estimate of drug-likeness (QED) is 0.348. The number of aryl methyl sites for hydroxylation is 2. The Balaban J connectivity index is 1.37. The Bertz CT molecular complexity index is 1470. The molecule has 5 rings (SSSR count). The number of nitrogens with zero attached hydrogens (tertiary/aromatic N) is 4. The molecule has 1 saturated heterocycles. The van der Waals surface area contributed by atoms with Crippen LogP contribution in [0, 0.1) is 0 Å². The lowest BCUT2D eigenvalue weighted by Gasteiger charge is -2.36. The van der Waals surface area contributed by atoms with E-state index < -0.39 is 17.2 Å². The number of anilines is 4. The molecule has 0 radical (unpaired) electrons. The van der Waals surface area contributed by atoms with E-state index >= 15 is 0 Å². The summed E-state index contributed by atoms with van der Waals surface area (Å²) in [5, 5.41) is 5.93. The lowest BCUT2D eigenvalue weighted by Crippen LogP contribution is -2.41. The van der Waals surface area contributed by atoms with Gasteiger partial charge in [0.05, 0.1) is 29.5 Å². The van der Waals surface area contributed by atoms with Crippen molar-refractivity contribution >= 4 is 28.9 Å². The van der Waals surface area contributed by atoms with Crippen molar-refractivity contribution in [3.8, 4) is 5.75 Å². The summed E-state index contributed by atoms with van der Waals surface area (Å²) in [6.45, 7) is 5.48. The predicted octanol–water partition coefficient (Wildman–Crippen LogP) is 5.79. The van der Waals surface area contributed by atoms with Gasteiger partial charge in [-0.2, -0.15) is 13.2 Å². The van der Waals surface area contributed by atoms with Crippen molar-refractivity contribution in [1.82, 2.24) is 14.9 Å². The molecule has 0 saturated carbocycles. The first-order chi connectivity index (χ1) is 19.9. The number of piperidine rings is 1. The van der Waals surface area contributed by atoms with E-state index in [9.17, 15) is 18.0 Å². The van der Waals surface area contributed by atoms with Gasteiger partial charge >= 0.3 is 6.18 Å². The lowest BCUT2D eigenvalue weighted by molar-refractivity contribution is -0.138. The highest BCUT2D eigenvalue weighted by atomic mass is 19.4. The third kappa shape index (κ3) is 5.88. The van der Waals surface area contributed by atoms with Gasteiger partial charge in [0, 0.05) is 42.8 Å². The Morgan fingerprint density at radius 3 is 2.55 bits per heavy atom. The Kier molecular flexibility index (Phi) is 8.06. The minimum atomic E-state index is -4.61. The molecular weight excluding hydrogens is 545 g/mol. The topological polar surface area (TPSA) is 82.6 Å². The normalized spacial score (nSPS) is 16.9. The molecule has 2 N–H and O–H groups in total. The molecule has 11 heteroatoms. The van der Waals surface area contributed by atoms with Crippen molar-refractivity contribution in [2.24, 2.45) is 0 Å². The first-order valence-electron chi connectivity index (χ1n) is 14.1. The monoisotopic (exact) mass is 582 g/mol. The number of carbonyl (C=O) groups is 1. The smallest absolute Gasteiger partial charge is 0.419 e. The molecule has 8 nitrogen and oxygen atoms in total. The van der Waals surface area contributed by atoms with Gasteiger partial charge in [0.25, 0.3) is 0 Å². The third-order valence-electron chi connectivity index (χ3n) is 8.39. The van der Waals surface area contributed by atoms with Crippen molar-refractivity contribution in [3.05, 3.63) is 65.0 Å². The van der Waals surface area contributed by atoms with E-state index in [2.05, 4.69) is 44.5 Å². The van der Waals surface area contributed by atoms with Gasteiger partial charge in [-0.25, -0.2) is 9.97 Å². The number of benzene rings is 2. The average molecular weight is 583 g/mol. The fourth-order valence-corrected chi connectivity index (χ4v) is 5.94. The molecule has 2 aliphatic heterocycles. The Labute approximate surface area is 244 Å². The maximum Gasteiger partial charge on any atom is 0.419 e. The summed E-state index contributed by atoms with van der Waals surface area (Å²) in [5.74, 6) is 0.463. The first kappa shape index (κ1) is 29.6. The molecule has 42 heavy (non-hydrogen) atoms. The van der Waals surface area contributed by atoms with Crippen LogP contribution in [-0.2, 0) is 29.2 Å². The van der Waals surface area contributed by atoms with Crippen LogP contribution in [0.2, 0.25) is 0 Å². The molecule has 0 bridgehead atoms. The number of carbonyl (C=O) groups excluding carboxylic acids is 1. The van der Waals surface area contributed by atoms with Gasteiger partial charge in [-0.05, 0) is 83.0 Å². The lowest BCUT2D eigenvalue weighted by atomic mass is 9.82. The molecule has 224 valence electrons. The van der Waals surface area contributed by atoms with Crippen LogP contribution < -0.4 is 20.3 Å². The molecule has 0 spiro atoms. The van der Waals surface area contributed by atoms with Crippen molar-refractivity contribution < 1.29 is 22.7 Å². The molecule has 1 fully saturated rings. The maximum absolute atomic E-state index is 14.0. The van der Waals surface area contributed by atoms with Gasteiger partial charge in [0.15, 0.2) is 0 Å². The summed E-state index contributed by atoms with van der Waals surface area (Å²) >= 11 is 0. The number of alkyl halides is 3. The molecule has 2 aromatic carbocycles. The molecule has 0 aliphatic carbocycles. The SMILES string of the molecule is COc1cc(N2CCC(N(C)C)CC2)ccc1Nc1ncc(C(F)(F)F)c(CCc2cccc3c2C(C)(C)C(=O)N3)n1. The zero-order valence-electron chi connectivity index (χ0n) is 24.6. The molecule has 3 heterocycles. The summed E-state index contributed by atoms with van der Waals surface area (Å²) in [6.07, 6.45) is -1.36. The zero-order valence-corrected chi connectivity index (χ0v) is 24.6. The average Bonchev–Trinajstić information content (AvgIpc) is 3.19. The summed E-state index contributed by atoms with van der Waals surface area (Å²) in [7, 11) is 5.76. The van der Waals surface area contributed by atoms with Gasteiger partial charge in [-0.3, -0.25) is 4.79 Å². The van der Waals surface area contributed by atoms with Crippen molar-refractivity contribution in [2.75, 3.05) is 49.8 Å². The van der Waals surface area contributed by atoms with Crippen molar-refractivity contribution in [3.63, 3.8) is 0 Å². The van der Waals surface area contributed by atoms with Crippen LogP contribution in [0.25, 0.3) is 0 Å². The number of hydrogen-bond donors (Lipinski definition) is 2. The Morgan fingerprint density at radius 1 is 1.14 bits per heavy atom. The minimum absolute atomic E-state index is 0.0196. The number of fused-ring (bicyclic) bond motifs is 1. The molecule has 3 aromatic rings. The molecule has 1 amide bonds. The molecular formula is C31H37F3N6O2. The highest BCUT2D eigenvalue weighted by Crippen LogP contribution is 2.40. The number of rotatable bonds is 8. The van der Waals surface area contributed by atoms with E-state index in [0.717, 1.165) is 48.9 Å². The highest BCUT2D eigenvalue weighted by molar-refractivity contribution is 6.06. The second-order valence-corrected chi connectivity index (χ2v) is 11.7. The first-order valence-corrected chi connectivity index (χ1v) is 14.1. The summed E-state index contributed by atoms with van der Waals surface area (Å²) in [6, 6.07) is 11.8. The van der Waals surface area contributed by atoms with E-state index in [1.54, 1.807) is 13.2 Å². The Morgan fingerprint density at radius 2 is 1.88 bits per heavy atom. The number of halogens is 3. The van der Waals surface area contributed by atoms with Gasteiger partial charge < -0.3 is 25.2 Å². The minimum Gasteiger partial charge on any atom is -0.494 e. The van der Waals surface area contributed by atoms with Crippen LogP contribution in [0.4, 0.5) is 36.2 Å². The fourth-order valence-electron chi connectivity index (χ4n) is 5.94. The Hall–Kier alpha value is -3.86. The summed E-state index contributed by atoms with van der Waals surface area (Å²) in [5.41, 5.74) is 2.13. The number of amides is 1. The standard InChI is InChI=1S/C31H37F3N6O2/c1-30(2)27-19(7-6-8-25(27)36-28(30)41)9-11-23-22(31(32,33)34)18-35-29(37-23)38-24-12-10-21(17-26(24)42-5)40-15-13-20(14-16-40)39(3)4/h6-8,10,12,17-18,20H,9,11,13-16H2,1-5H3,(H,36,41)(H,35,37,38). The number of methoxy groups -OCH3 is 1. The van der Waals surface area contributed by atoms with Crippen LogP contribution >= 0.6 is 0 Å². The number of aromatic nitrogens is 2. The third-order valence-corrected chi connectivity index (χ3v) is 8.39. The highest BCUT2D eigenvalue weighted by Gasteiger charge is 2.40. The van der Waals surface area contributed by atoms with Crippen molar-refractivity contribution in [1.29, 1.82) is 0 Å². The molecule has 2 aliphatic rings.